The summed E-state index contributed by atoms with van der Waals surface area (Å²) in [5.41, 5.74) is 3.56. The molecule has 0 aliphatic rings. The highest BCUT2D eigenvalue weighted by molar-refractivity contribution is 6.31. The lowest BCUT2D eigenvalue weighted by molar-refractivity contribution is 0.102. The molecule has 10 nitrogen and oxygen atoms in total. The molecule has 1 amide bonds. The highest BCUT2D eigenvalue weighted by atomic mass is 35.5. The molecule has 4 rings (SSSR count). The van der Waals surface area contributed by atoms with Crippen LogP contribution in [0.25, 0.3) is 0 Å². The van der Waals surface area contributed by atoms with E-state index >= 15 is 0 Å². The summed E-state index contributed by atoms with van der Waals surface area (Å²) in [6, 6.07) is 1.66. The van der Waals surface area contributed by atoms with E-state index in [1.807, 2.05) is 37.8 Å². The second-order valence-electron chi connectivity index (χ2n) is 6.95. The van der Waals surface area contributed by atoms with Crippen LogP contribution in [0.15, 0.2) is 37.1 Å². The monoisotopic (exact) mass is 427 g/mol. The van der Waals surface area contributed by atoms with Gasteiger partial charge in [0.15, 0.2) is 5.69 Å². The SMILES string of the molecule is CCn1cc(Cn2cc(NC(=O)c3ccn(Cn4nc(C)c(Cl)c4C)n3)cn2)cn1. The molecule has 0 bridgehead atoms. The minimum Gasteiger partial charge on any atom is -0.318 e. The Morgan fingerprint density at radius 3 is 2.60 bits per heavy atom. The van der Waals surface area contributed by atoms with Crippen molar-refractivity contribution in [3.05, 3.63) is 64.7 Å². The van der Waals surface area contributed by atoms with Gasteiger partial charge in [-0.25, -0.2) is 4.68 Å². The van der Waals surface area contributed by atoms with Gasteiger partial charge in [0.05, 0.1) is 41.0 Å². The van der Waals surface area contributed by atoms with Crippen molar-refractivity contribution in [3.63, 3.8) is 0 Å². The number of aryl methyl sites for hydroxylation is 2. The van der Waals surface area contributed by atoms with E-state index in [9.17, 15) is 4.79 Å². The minimum atomic E-state index is -0.307. The molecule has 4 aromatic heterocycles. The van der Waals surface area contributed by atoms with E-state index in [-0.39, 0.29) is 5.91 Å². The molecule has 156 valence electrons. The Bertz CT molecular complexity index is 1180. The van der Waals surface area contributed by atoms with Crippen LogP contribution in [0.3, 0.4) is 0 Å². The Hall–Kier alpha value is -3.40. The standard InChI is InChI=1S/C19H22ClN9O/c1-4-26-9-15(7-21-26)10-28-11-16(8-22-28)23-19(30)17-5-6-27(25-17)12-29-14(3)18(20)13(2)24-29/h5-9,11H,4,10,12H2,1-3H3,(H,23,30). The van der Waals surface area contributed by atoms with Crippen LogP contribution < -0.4 is 5.32 Å². The lowest BCUT2D eigenvalue weighted by Crippen LogP contribution is -2.15. The molecule has 0 aliphatic carbocycles. The zero-order valence-corrected chi connectivity index (χ0v) is 17.7. The topological polar surface area (TPSA) is 100 Å². The van der Waals surface area contributed by atoms with E-state index in [0.717, 1.165) is 23.5 Å². The van der Waals surface area contributed by atoms with Crippen LogP contribution >= 0.6 is 11.6 Å². The van der Waals surface area contributed by atoms with Crippen LogP contribution in [0, 0.1) is 13.8 Å². The first kappa shape index (κ1) is 19.9. The first-order valence-corrected chi connectivity index (χ1v) is 9.89. The molecule has 4 heterocycles. The average molecular weight is 428 g/mol. The van der Waals surface area contributed by atoms with Gasteiger partial charge in [-0.3, -0.25) is 18.8 Å². The van der Waals surface area contributed by atoms with Crippen LogP contribution in [0.1, 0.15) is 34.4 Å². The molecule has 0 fully saturated rings. The van der Waals surface area contributed by atoms with Crippen molar-refractivity contribution in [3.8, 4) is 0 Å². The fourth-order valence-electron chi connectivity index (χ4n) is 3.07. The molecule has 11 heteroatoms. The number of hydrogen-bond donors (Lipinski definition) is 1. The van der Waals surface area contributed by atoms with Crippen LogP contribution in [-0.2, 0) is 19.8 Å². The molecule has 0 aromatic carbocycles. The van der Waals surface area contributed by atoms with Gasteiger partial charge in [-0.1, -0.05) is 11.6 Å². The molecule has 0 atom stereocenters. The average Bonchev–Trinajstić information content (AvgIpc) is 3.50. The first-order chi connectivity index (χ1) is 14.4. The Balaban J connectivity index is 1.38. The van der Waals surface area contributed by atoms with Crippen molar-refractivity contribution in [1.82, 2.24) is 39.1 Å². The van der Waals surface area contributed by atoms with Crippen molar-refractivity contribution in [2.24, 2.45) is 0 Å². The van der Waals surface area contributed by atoms with Gasteiger partial charge in [0.1, 0.15) is 6.67 Å². The van der Waals surface area contributed by atoms with E-state index in [0.29, 0.717) is 29.6 Å². The summed E-state index contributed by atoms with van der Waals surface area (Å²) >= 11 is 6.18. The molecular formula is C19H22ClN9O. The van der Waals surface area contributed by atoms with Crippen molar-refractivity contribution in [2.45, 2.75) is 40.5 Å². The predicted octanol–water partition coefficient (Wildman–Crippen LogP) is 2.57. The fraction of sp³-hybridized carbons (Fsp3) is 0.316. The van der Waals surface area contributed by atoms with Crippen molar-refractivity contribution < 1.29 is 4.79 Å². The van der Waals surface area contributed by atoms with Gasteiger partial charge in [-0.2, -0.15) is 20.4 Å². The number of aromatic nitrogens is 8. The van der Waals surface area contributed by atoms with Gasteiger partial charge in [0.2, 0.25) is 0 Å². The third kappa shape index (κ3) is 4.13. The van der Waals surface area contributed by atoms with Gasteiger partial charge in [0, 0.05) is 30.7 Å². The minimum absolute atomic E-state index is 0.305. The molecule has 1 N–H and O–H groups in total. The summed E-state index contributed by atoms with van der Waals surface area (Å²) in [5.74, 6) is -0.307. The number of carbonyl (C=O) groups is 1. The molecule has 0 spiro atoms. The second kappa shape index (κ2) is 8.15. The lowest BCUT2D eigenvalue weighted by Gasteiger charge is -2.04. The molecule has 0 saturated carbocycles. The number of nitrogens with zero attached hydrogens (tertiary/aromatic N) is 8. The van der Waals surface area contributed by atoms with E-state index in [4.69, 9.17) is 11.6 Å². The highest BCUT2D eigenvalue weighted by Gasteiger charge is 2.13. The van der Waals surface area contributed by atoms with Crippen molar-refractivity contribution in [2.75, 3.05) is 5.32 Å². The zero-order valence-electron chi connectivity index (χ0n) is 16.9. The molecule has 0 saturated heterocycles. The largest absolute Gasteiger partial charge is 0.318 e. The summed E-state index contributed by atoms with van der Waals surface area (Å²) in [6.07, 6.45) is 8.90. The summed E-state index contributed by atoms with van der Waals surface area (Å²) in [6.45, 7) is 7.55. The van der Waals surface area contributed by atoms with Crippen molar-refractivity contribution in [1.29, 1.82) is 0 Å². The maximum Gasteiger partial charge on any atom is 0.276 e. The van der Waals surface area contributed by atoms with E-state index in [2.05, 4.69) is 25.7 Å². The van der Waals surface area contributed by atoms with Gasteiger partial charge >= 0.3 is 0 Å². The summed E-state index contributed by atoms with van der Waals surface area (Å²) in [7, 11) is 0. The Morgan fingerprint density at radius 2 is 1.90 bits per heavy atom. The van der Waals surface area contributed by atoms with Crippen LogP contribution in [0.2, 0.25) is 5.02 Å². The number of carbonyl (C=O) groups excluding carboxylic acids is 1. The maximum atomic E-state index is 12.5. The first-order valence-electron chi connectivity index (χ1n) is 9.51. The van der Waals surface area contributed by atoms with E-state index in [1.165, 1.54) is 0 Å². The van der Waals surface area contributed by atoms with Gasteiger partial charge in [0.25, 0.3) is 5.91 Å². The fourth-order valence-corrected chi connectivity index (χ4v) is 3.20. The zero-order chi connectivity index (χ0) is 21.3. The number of amides is 1. The quantitative estimate of drug-likeness (QED) is 0.488. The summed E-state index contributed by atoms with van der Waals surface area (Å²) in [5, 5.41) is 20.7. The van der Waals surface area contributed by atoms with Gasteiger partial charge < -0.3 is 5.32 Å². The highest BCUT2D eigenvalue weighted by Crippen LogP contribution is 2.18. The number of rotatable bonds is 7. The Morgan fingerprint density at radius 1 is 1.10 bits per heavy atom. The van der Waals surface area contributed by atoms with Crippen LogP contribution in [-0.4, -0.2) is 45.0 Å². The van der Waals surface area contributed by atoms with Crippen LogP contribution in [0.4, 0.5) is 5.69 Å². The molecule has 0 unspecified atom stereocenters. The summed E-state index contributed by atoms with van der Waals surface area (Å²) < 4.78 is 6.99. The number of hydrogen-bond acceptors (Lipinski definition) is 5. The Kier molecular flexibility index (Phi) is 5.40. The van der Waals surface area contributed by atoms with Crippen molar-refractivity contribution >= 4 is 23.2 Å². The molecule has 0 radical (unpaired) electrons. The molecule has 0 aliphatic heterocycles. The maximum absolute atomic E-state index is 12.5. The second-order valence-corrected chi connectivity index (χ2v) is 7.33. The normalized spacial score (nSPS) is 11.2. The molecular weight excluding hydrogens is 406 g/mol. The predicted molar refractivity (Wildman–Crippen MR) is 112 cm³/mol. The molecule has 30 heavy (non-hydrogen) atoms. The van der Waals surface area contributed by atoms with Gasteiger partial charge in [-0.15, -0.1) is 0 Å². The van der Waals surface area contributed by atoms with E-state index < -0.39 is 0 Å². The van der Waals surface area contributed by atoms with Crippen LogP contribution in [0.5, 0.6) is 0 Å². The third-order valence-corrected chi connectivity index (χ3v) is 5.24. The lowest BCUT2D eigenvalue weighted by atomic mass is 10.3. The molecule has 4 aromatic rings. The third-order valence-electron chi connectivity index (χ3n) is 4.69. The number of anilines is 1. The summed E-state index contributed by atoms with van der Waals surface area (Å²) in [4.78, 5) is 12.5. The number of halogens is 1. The van der Waals surface area contributed by atoms with Gasteiger partial charge in [-0.05, 0) is 26.8 Å². The smallest absolute Gasteiger partial charge is 0.276 e. The number of nitrogens with one attached hydrogen (secondary N) is 1. The Labute approximate surface area is 178 Å². The van der Waals surface area contributed by atoms with E-state index in [1.54, 1.807) is 38.7 Å².